The predicted molar refractivity (Wildman–Crippen MR) is 287 cm³/mol. The molecule has 0 fully saturated rings. The Labute approximate surface area is 441 Å². The summed E-state index contributed by atoms with van der Waals surface area (Å²) in [4.78, 5) is 92.7. The van der Waals surface area contributed by atoms with Gasteiger partial charge in [0.25, 0.3) is 0 Å². The Morgan fingerprint density at radius 2 is 0.613 bits per heavy atom. The summed E-state index contributed by atoms with van der Waals surface area (Å²) in [5.41, 5.74) is 3.28. The average molecular weight is 1030 g/mol. The lowest BCUT2D eigenvalue weighted by atomic mass is 10.1. The van der Waals surface area contributed by atoms with E-state index in [0.29, 0.717) is 34.0 Å². The minimum absolute atomic E-state index is 0.0640. The first kappa shape index (κ1) is 60.1. The minimum Gasteiger partial charge on any atom is -0.462 e. The van der Waals surface area contributed by atoms with Crippen LogP contribution >= 0.6 is 0 Å². The third-order valence-electron chi connectivity index (χ3n) is 10.1. The molecule has 0 saturated heterocycles. The highest BCUT2D eigenvalue weighted by molar-refractivity contribution is 6.19. The van der Waals surface area contributed by atoms with Crippen LogP contribution in [0.15, 0.2) is 89.5 Å². The molecule has 16 heteroatoms. The Bertz CT molecular complexity index is 2270. The predicted octanol–water partition coefficient (Wildman–Crippen LogP) is 10.1. The van der Waals surface area contributed by atoms with Crippen molar-refractivity contribution in [2.75, 3.05) is 45.0 Å². The number of hydrogen-bond acceptors (Lipinski definition) is 16. The van der Waals surface area contributed by atoms with Crippen molar-refractivity contribution >= 4 is 65.7 Å². The van der Waals surface area contributed by atoms with Gasteiger partial charge in [0.2, 0.25) is 5.95 Å². The largest absolute Gasteiger partial charge is 0.462 e. The van der Waals surface area contributed by atoms with Gasteiger partial charge in [-0.15, -0.1) is 0 Å². The van der Waals surface area contributed by atoms with E-state index in [1.165, 1.54) is 18.2 Å². The SMILES string of the molecule is CC(C)COC(=O)C(=Cc1ccc(Cc2nc(Cc3ccc(C=C(C(=O)OCC(C)C)C(=O)OCC(C)C)cc3)nc(Nc3ccc(C=C(C(=O)OCC(C)C)C(=O)OCC(C)C)cc3)n2)cc1)C(=O)OCC(C)C. The van der Waals surface area contributed by atoms with Crippen molar-refractivity contribution in [1.82, 2.24) is 15.0 Å². The number of hydrogen-bond donors (Lipinski definition) is 1. The molecule has 1 aromatic heterocycles. The highest BCUT2D eigenvalue weighted by Crippen LogP contribution is 2.22. The van der Waals surface area contributed by atoms with E-state index in [1.54, 1.807) is 48.5 Å². The van der Waals surface area contributed by atoms with Gasteiger partial charge >= 0.3 is 35.8 Å². The highest BCUT2D eigenvalue weighted by Gasteiger charge is 2.25. The molecule has 0 bridgehead atoms. The number of rotatable bonds is 27. The van der Waals surface area contributed by atoms with Crippen LogP contribution in [0.3, 0.4) is 0 Å². The molecule has 1 N–H and O–H groups in total. The fourth-order valence-corrected chi connectivity index (χ4v) is 6.33. The molecule has 402 valence electrons. The second-order valence-electron chi connectivity index (χ2n) is 20.7. The van der Waals surface area contributed by atoms with E-state index in [4.69, 9.17) is 43.4 Å². The summed E-state index contributed by atoms with van der Waals surface area (Å²) in [6.45, 7) is 23.7. The Morgan fingerprint density at radius 3 is 0.853 bits per heavy atom. The molecule has 1 heterocycles. The number of carbonyl (C=O) groups is 6. The fourth-order valence-electron chi connectivity index (χ4n) is 6.33. The molecule has 16 nitrogen and oxygen atoms in total. The zero-order valence-electron chi connectivity index (χ0n) is 45.5. The standard InChI is InChI=1S/C59H74N4O12/c1-36(2)30-70-53(64)48(54(65)71-31-37(3)4)25-42-13-17-45(18-14-42)28-51-61-52(29-46-19-15-43(16-20-46)26-49(55(66)72-32-38(5)6)56(67)73-33-39(7)8)63-59(62-51)60-47-23-21-44(22-24-47)27-50(57(68)74-34-40(9)10)58(69)75-35-41(11)12/h13-27,36-41H,28-35H2,1-12H3,(H,60,61,62,63). The maximum absolute atomic E-state index is 13.1. The second kappa shape index (κ2) is 30.0. The van der Waals surface area contributed by atoms with Crippen molar-refractivity contribution in [1.29, 1.82) is 0 Å². The van der Waals surface area contributed by atoms with E-state index in [2.05, 4.69) is 5.32 Å². The van der Waals surface area contributed by atoms with Gasteiger partial charge in [-0.05, 0) is 93.7 Å². The van der Waals surface area contributed by atoms with E-state index in [9.17, 15) is 28.8 Å². The number of nitrogens with zero attached hydrogens (tertiary/aromatic N) is 3. The van der Waals surface area contributed by atoms with Gasteiger partial charge in [0.05, 0.1) is 39.6 Å². The van der Waals surface area contributed by atoms with Crippen LogP contribution in [-0.2, 0) is 70.0 Å². The smallest absolute Gasteiger partial charge is 0.345 e. The number of carbonyl (C=O) groups excluding carboxylic acids is 6. The van der Waals surface area contributed by atoms with Crippen LogP contribution in [-0.4, -0.2) is 90.4 Å². The molecule has 0 aliphatic heterocycles. The third kappa shape index (κ3) is 21.9. The quantitative estimate of drug-likeness (QED) is 0.0194. The molecule has 0 radical (unpaired) electrons. The number of benzene rings is 3. The minimum atomic E-state index is -0.774. The number of aromatic nitrogens is 3. The summed E-state index contributed by atoms with van der Waals surface area (Å²) in [5.74, 6) is -3.12. The molecule has 3 aromatic carbocycles. The summed E-state index contributed by atoms with van der Waals surface area (Å²) in [7, 11) is 0. The molecule has 0 unspecified atom stereocenters. The lowest BCUT2D eigenvalue weighted by Crippen LogP contribution is -2.21. The Kier molecular flexibility index (Phi) is 24.0. The summed E-state index contributed by atoms with van der Waals surface area (Å²) in [5, 5.41) is 3.26. The van der Waals surface area contributed by atoms with Crippen molar-refractivity contribution in [2.45, 2.75) is 95.9 Å². The number of esters is 6. The number of anilines is 2. The molecule has 0 amide bonds. The summed E-state index contributed by atoms with van der Waals surface area (Å²) >= 11 is 0. The van der Waals surface area contributed by atoms with Crippen LogP contribution in [0.1, 0.15) is 123 Å². The lowest BCUT2D eigenvalue weighted by molar-refractivity contribution is -0.149. The Balaban J connectivity index is 1.70. The second-order valence-corrected chi connectivity index (χ2v) is 20.7. The van der Waals surface area contributed by atoms with Gasteiger partial charge in [-0.3, -0.25) is 0 Å². The highest BCUT2D eigenvalue weighted by atomic mass is 16.6. The number of ether oxygens (including phenoxy) is 6. The van der Waals surface area contributed by atoms with Gasteiger partial charge in [-0.1, -0.05) is 144 Å². The maximum atomic E-state index is 13.1. The van der Waals surface area contributed by atoms with Crippen LogP contribution in [0.4, 0.5) is 11.6 Å². The number of nitrogens with one attached hydrogen (secondary N) is 1. The van der Waals surface area contributed by atoms with Crippen molar-refractivity contribution in [3.8, 4) is 0 Å². The molecule has 0 spiro atoms. The molecule has 75 heavy (non-hydrogen) atoms. The van der Waals surface area contributed by atoms with Gasteiger partial charge in [0, 0.05) is 18.5 Å². The molecule has 4 rings (SSSR count). The third-order valence-corrected chi connectivity index (χ3v) is 10.1. The van der Waals surface area contributed by atoms with Crippen LogP contribution in [0.25, 0.3) is 18.2 Å². The summed E-state index contributed by atoms with van der Waals surface area (Å²) < 4.78 is 32.4. The summed E-state index contributed by atoms with van der Waals surface area (Å²) in [6, 6.07) is 21.4. The Morgan fingerprint density at radius 1 is 0.373 bits per heavy atom. The van der Waals surface area contributed by atoms with Crippen LogP contribution in [0.2, 0.25) is 0 Å². The van der Waals surface area contributed by atoms with Gasteiger partial charge in [0.1, 0.15) is 28.4 Å². The maximum Gasteiger partial charge on any atom is 0.345 e. The molecule has 0 atom stereocenters. The van der Waals surface area contributed by atoms with Crippen molar-refractivity contribution < 1.29 is 57.2 Å². The molecular weight excluding hydrogens is 957 g/mol. The molecule has 4 aromatic rings. The zero-order chi connectivity index (χ0) is 55.2. The molecular formula is C59H74N4O12. The first-order valence-corrected chi connectivity index (χ1v) is 25.5. The molecule has 0 saturated carbocycles. The summed E-state index contributed by atoms with van der Waals surface area (Å²) in [6.07, 6.45) is 4.89. The van der Waals surface area contributed by atoms with E-state index in [0.717, 1.165) is 11.1 Å². The normalized spacial score (nSPS) is 11.1. The zero-order valence-corrected chi connectivity index (χ0v) is 45.5. The van der Waals surface area contributed by atoms with E-state index in [1.807, 2.05) is 107 Å². The van der Waals surface area contributed by atoms with Gasteiger partial charge in [0.15, 0.2) is 0 Å². The fraction of sp³-hybridized carbons (Fsp3) is 0.441. The van der Waals surface area contributed by atoms with E-state index < -0.39 is 35.8 Å². The monoisotopic (exact) mass is 1030 g/mol. The van der Waals surface area contributed by atoms with Gasteiger partial charge in [-0.2, -0.15) is 9.97 Å². The van der Waals surface area contributed by atoms with Crippen LogP contribution in [0.5, 0.6) is 0 Å². The topological polar surface area (TPSA) is 208 Å². The van der Waals surface area contributed by atoms with Crippen LogP contribution in [0, 0.1) is 35.5 Å². The average Bonchev–Trinajstić information content (AvgIpc) is 3.35. The lowest BCUT2D eigenvalue weighted by Gasteiger charge is -2.12. The van der Waals surface area contributed by atoms with Crippen molar-refractivity contribution in [3.63, 3.8) is 0 Å². The van der Waals surface area contributed by atoms with Crippen molar-refractivity contribution in [3.05, 3.63) is 129 Å². The van der Waals surface area contributed by atoms with Gasteiger partial charge in [-0.25, -0.2) is 33.8 Å². The molecule has 0 aliphatic rings. The van der Waals surface area contributed by atoms with E-state index in [-0.39, 0.29) is 111 Å². The van der Waals surface area contributed by atoms with Gasteiger partial charge < -0.3 is 33.7 Å². The van der Waals surface area contributed by atoms with Crippen molar-refractivity contribution in [2.24, 2.45) is 35.5 Å². The molecule has 0 aliphatic carbocycles. The first-order valence-electron chi connectivity index (χ1n) is 25.5. The Hall–Kier alpha value is -7.49. The van der Waals surface area contributed by atoms with Crippen LogP contribution < -0.4 is 5.32 Å². The first-order chi connectivity index (χ1) is 35.5. The van der Waals surface area contributed by atoms with E-state index >= 15 is 0 Å².